The van der Waals surface area contributed by atoms with E-state index in [1.165, 1.54) is 23.9 Å². The molecule has 1 fully saturated rings. The molecule has 0 unspecified atom stereocenters. The Morgan fingerprint density at radius 2 is 2.14 bits per heavy atom. The summed E-state index contributed by atoms with van der Waals surface area (Å²) in [7, 11) is 1.72. The van der Waals surface area contributed by atoms with Crippen LogP contribution in [0.25, 0.3) is 16.9 Å². The second kappa shape index (κ2) is 10.00. The van der Waals surface area contributed by atoms with Gasteiger partial charge in [0.2, 0.25) is 0 Å². The van der Waals surface area contributed by atoms with Crippen molar-refractivity contribution in [1.29, 1.82) is 0 Å². The molecule has 1 aliphatic rings. The highest BCUT2D eigenvalue weighted by Gasteiger charge is 2.33. The predicted octanol–water partition coefficient (Wildman–Crippen LogP) is 3.86. The zero-order valence-corrected chi connectivity index (χ0v) is 21.3. The first-order valence-electron chi connectivity index (χ1n) is 11.6. The number of aromatic nitrogens is 7. The molecule has 0 radical (unpaired) electrons. The average molecular weight is 515 g/mol. The van der Waals surface area contributed by atoms with Gasteiger partial charge >= 0.3 is 0 Å². The van der Waals surface area contributed by atoms with Gasteiger partial charge in [-0.3, -0.25) is 4.79 Å². The van der Waals surface area contributed by atoms with Crippen molar-refractivity contribution < 1.29 is 9.53 Å². The summed E-state index contributed by atoms with van der Waals surface area (Å²) in [5.41, 5.74) is 1.82. The fourth-order valence-corrected chi connectivity index (χ4v) is 5.59. The molecular weight excluding hydrogens is 488 g/mol. The Labute approximate surface area is 211 Å². The van der Waals surface area contributed by atoms with Crippen molar-refractivity contribution >= 4 is 39.9 Å². The van der Waals surface area contributed by atoms with Gasteiger partial charge in [-0.05, 0) is 25.2 Å². The monoisotopic (exact) mass is 514 g/mol. The summed E-state index contributed by atoms with van der Waals surface area (Å²) in [5.74, 6) is 1.90. The van der Waals surface area contributed by atoms with E-state index in [1.54, 1.807) is 24.3 Å². The molecule has 4 heterocycles. The number of methoxy groups -OCH3 is 1. The maximum absolute atomic E-state index is 12.8. The zero-order chi connectivity index (χ0) is 24.5. The summed E-state index contributed by atoms with van der Waals surface area (Å²) in [6, 6.07) is 2.01. The molecule has 12 heteroatoms. The summed E-state index contributed by atoms with van der Waals surface area (Å²) in [6.07, 6.45) is 9.54. The normalized spacial score (nSPS) is 20.5. The fraction of sp³-hybridized carbons (Fsp3) is 0.478. The number of ether oxygens (including phenoxy) is 1. The lowest BCUT2D eigenvalue weighted by molar-refractivity contribution is 0.0390. The summed E-state index contributed by atoms with van der Waals surface area (Å²) in [6.45, 7) is 4.37. The van der Waals surface area contributed by atoms with Gasteiger partial charge in [0.05, 0.1) is 24.0 Å². The Bertz CT molecular complexity index is 1320. The van der Waals surface area contributed by atoms with Crippen LogP contribution in [0.3, 0.4) is 0 Å². The van der Waals surface area contributed by atoms with E-state index in [1.807, 2.05) is 6.07 Å². The van der Waals surface area contributed by atoms with Crippen LogP contribution in [0.4, 0.5) is 0 Å². The molecule has 4 aromatic heterocycles. The minimum atomic E-state index is -0.210. The molecule has 1 amide bonds. The smallest absolute Gasteiger partial charge is 0.280 e. The van der Waals surface area contributed by atoms with Gasteiger partial charge in [0.25, 0.3) is 5.91 Å². The van der Waals surface area contributed by atoms with Crippen molar-refractivity contribution in [2.24, 2.45) is 5.92 Å². The van der Waals surface area contributed by atoms with Gasteiger partial charge in [0.1, 0.15) is 28.3 Å². The topological polar surface area (TPSA) is 113 Å². The van der Waals surface area contributed by atoms with E-state index >= 15 is 0 Å². The maximum atomic E-state index is 12.8. The number of thiazole rings is 1. The number of fused-ring (bicyclic) bond motifs is 1. The van der Waals surface area contributed by atoms with E-state index in [-0.39, 0.29) is 24.1 Å². The summed E-state index contributed by atoms with van der Waals surface area (Å²) in [4.78, 5) is 30.4. The Balaban J connectivity index is 1.50. The quantitative estimate of drug-likeness (QED) is 0.398. The number of amides is 1. The van der Waals surface area contributed by atoms with Crippen molar-refractivity contribution in [3.05, 3.63) is 46.3 Å². The maximum Gasteiger partial charge on any atom is 0.280 e. The van der Waals surface area contributed by atoms with Gasteiger partial charge in [-0.25, -0.2) is 24.6 Å². The number of hydrogen-bond donors (Lipinski definition) is 1. The highest BCUT2D eigenvalue weighted by atomic mass is 35.5. The van der Waals surface area contributed by atoms with Crippen LogP contribution in [0.15, 0.2) is 31.1 Å². The van der Waals surface area contributed by atoms with Gasteiger partial charge in [0, 0.05) is 31.7 Å². The Kier molecular flexibility index (Phi) is 6.81. The van der Waals surface area contributed by atoms with E-state index in [0.717, 1.165) is 42.5 Å². The third kappa shape index (κ3) is 5.07. The second-order valence-electron chi connectivity index (χ2n) is 9.23. The molecule has 1 saturated carbocycles. The Morgan fingerprint density at radius 1 is 1.29 bits per heavy atom. The number of pyridine rings is 1. The molecule has 184 valence electrons. The van der Waals surface area contributed by atoms with Crippen LogP contribution in [-0.2, 0) is 11.2 Å². The van der Waals surface area contributed by atoms with Crippen LogP contribution in [0, 0.1) is 5.92 Å². The van der Waals surface area contributed by atoms with Crippen molar-refractivity contribution in [2.45, 2.75) is 57.7 Å². The molecule has 1 aliphatic carbocycles. The SMILES string of the molecule is CO[C@@H]1C[C@@H](NC(=O)c2ncc(Cl)s2)C[C@@H](n2c(CC(C)C)nc3cnc(-n4cncn4)cc32)C1. The largest absolute Gasteiger partial charge is 0.381 e. The number of nitrogens with one attached hydrogen (secondary N) is 1. The molecule has 0 saturated heterocycles. The number of halogens is 1. The lowest BCUT2D eigenvalue weighted by Crippen LogP contribution is -2.43. The van der Waals surface area contributed by atoms with Crippen LogP contribution in [-0.4, -0.2) is 59.4 Å². The summed E-state index contributed by atoms with van der Waals surface area (Å²) >= 11 is 7.15. The van der Waals surface area contributed by atoms with Crippen molar-refractivity contribution in [2.75, 3.05) is 7.11 Å². The van der Waals surface area contributed by atoms with E-state index in [0.29, 0.717) is 21.1 Å². The number of nitrogens with zero attached hydrogens (tertiary/aromatic N) is 7. The van der Waals surface area contributed by atoms with Gasteiger partial charge in [0.15, 0.2) is 10.8 Å². The van der Waals surface area contributed by atoms with Crippen molar-refractivity contribution in [3.8, 4) is 5.82 Å². The van der Waals surface area contributed by atoms with Crippen LogP contribution >= 0.6 is 22.9 Å². The molecule has 4 aromatic rings. The van der Waals surface area contributed by atoms with Crippen LogP contribution < -0.4 is 5.32 Å². The third-order valence-electron chi connectivity index (χ3n) is 6.22. The molecule has 10 nitrogen and oxygen atoms in total. The number of carbonyl (C=O) groups is 1. The van der Waals surface area contributed by atoms with E-state index in [2.05, 4.69) is 43.8 Å². The standard InChI is InChI=1S/C23H27ClN8O2S/c1-13(2)4-21-30-17-9-26-20(31-12-25-11-28-31)8-18(17)32(21)15-5-14(6-16(7-15)34-3)29-22(33)23-27-10-19(24)35-23/h8-16H,4-7H2,1-3H3,(H,29,33)/t14-,15+,16+/m0/s1. The Hall–Kier alpha value is -2.89. The van der Waals surface area contributed by atoms with Crippen molar-refractivity contribution in [3.63, 3.8) is 0 Å². The molecule has 35 heavy (non-hydrogen) atoms. The third-order valence-corrected chi connectivity index (χ3v) is 7.34. The summed E-state index contributed by atoms with van der Waals surface area (Å²) in [5, 5.41) is 7.74. The molecular formula is C23H27ClN8O2S. The number of imidazole rings is 1. The van der Waals surface area contributed by atoms with Gasteiger partial charge < -0.3 is 14.6 Å². The molecule has 0 spiro atoms. The molecule has 0 aromatic carbocycles. The fourth-order valence-electron chi connectivity index (χ4n) is 4.77. The van der Waals surface area contributed by atoms with E-state index in [4.69, 9.17) is 21.3 Å². The highest BCUT2D eigenvalue weighted by molar-refractivity contribution is 7.17. The average Bonchev–Trinajstić information content (AvgIpc) is 3.57. The lowest BCUT2D eigenvalue weighted by atomic mass is 9.88. The first-order chi connectivity index (χ1) is 16.9. The molecule has 0 aliphatic heterocycles. The highest BCUT2D eigenvalue weighted by Crippen LogP contribution is 2.35. The van der Waals surface area contributed by atoms with Crippen LogP contribution in [0.2, 0.25) is 4.34 Å². The minimum Gasteiger partial charge on any atom is -0.381 e. The minimum absolute atomic E-state index is 0.0000871. The van der Waals surface area contributed by atoms with E-state index < -0.39 is 0 Å². The molecule has 1 N–H and O–H groups in total. The summed E-state index contributed by atoms with van der Waals surface area (Å²) < 4.78 is 10.2. The second-order valence-corrected chi connectivity index (χ2v) is 10.9. The van der Waals surface area contributed by atoms with Gasteiger partial charge in [-0.2, -0.15) is 5.10 Å². The number of carbonyl (C=O) groups excluding carboxylic acids is 1. The molecule has 3 atom stereocenters. The van der Waals surface area contributed by atoms with E-state index in [9.17, 15) is 4.79 Å². The van der Waals surface area contributed by atoms with Crippen molar-refractivity contribution in [1.82, 2.24) is 39.6 Å². The number of rotatable bonds is 7. The molecule has 0 bridgehead atoms. The van der Waals surface area contributed by atoms with Gasteiger partial charge in [-0.15, -0.1) is 0 Å². The molecule has 5 rings (SSSR count). The zero-order valence-electron chi connectivity index (χ0n) is 19.8. The number of hydrogen-bond acceptors (Lipinski definition) is 8. The van der Waals surface area contributed by atoms with Crippen LogP contribution in [0.5, 0.6) is 0 Å². The Morgan fingerprint density at radius 3 is 2.83 bits per heavy atom. The van der Waals surface area contributed by atoms with Gasteiger partial charge in [-0.1, -0.05) is 36.8 Å². The first kappa shape index (κ1) is 23.8. The predicted molar refractivity (Wildman–Crippen MR) is 133 cm³/mol. The van der Waals surface area contributed by atoms with Crippen LogP contribution in [0.1, 0.15) is 54.8 Å². The lowest BCUT2D eigenvalue weighted by Gasteiger charge is -2.36. The first-order valence-corrected chi connectivity index (χ1v) is 12.8.